The number of sulfonamides is 1. The van der Waals surface area contributed by atoms with Gasteiger partial charge in [0.05, 0.1) is 4.90 Å². The average Bonchev–Trinajstić information content (AvgIpc) is 2.67. The third-order valence-corrected chi connectivity index (χ3v) is 5.90. The second-order valence-corrected chi connectivity index (χ2v) is 8.53. The van der Waals surface area contributed by atoms with Crippen molar-refractivity contribution in [3.63, 3.8) is 0 Å². The van der Waals surface area contributed by atoms with Crippen molar-refractivity contribution in [2.24, 2.45) is 0 Å². The predicted molar refractivity (Wildman–Crippen MR) is 107 cm³/mol. The van der Waals surface area contributed by atoms with Gasteiger partial charge in [-0.15, -0.1) is 0 Å². The van der Waals surface area contributed by atoms with Gasteiger partial charge in [-0.1, -0.05) is 72.3 Å². The van der Waals surface area contributed by atoms with E-state index in [2.05, 4.69) is 4.72 Å². The molecule has 146 valence electrons. The quantitative estimate of drug-likeness (QED) is 0.606. The maximum atomic E-state index is 14.3. The van der Waals surface area contributed by atoms with E-state index in [0.717, 1.165) is 16.7 Å². The first-order valence-corrected chi connectivity index (χ1v) is 10.3. The van der Waals surface area contributed by atoms with Crippen LogP contribution in [0.5, 0.6) is 0 Å². The summed E-state index contributed by atoms with van der Waals surface area (Å²) in [6, 6.07) is 20.4. The van der Waals surface area contributed by atoms with E-state index in [0.29, 0.717) is 6.92 Å². The van der Waals surface area contributed by atoms with Crippen molar-refractivity contribution in [1.82, 2.24) is 4.72 Å². The van der Waals surface area contributed by atoms with Gasteiger partial charge >= 0.3 is 0 Å². The molecule has 0 spiro atoms. The Morgan fingerprint density at radius 3 is 1.89 bits per heavy atom. The van der Waals surface area contributed by atoms with Crippen LogP contribution in [0.25, 0.3) is 11.1 Å². The molecule has 6 heteroatoms. The number of rotatable bonds is 6. The van der Waals surface area contributed by atoms with Crippen LogP contribution in [0, 0.1) is 6.92 Å². The first-order valence-electron chi connectivity index (χ1n) is 8.79. The number of nitrogens with one attached hydrogen (secondary N) is 1. The summed E-state index contributed by atoms with van der Waals surface area (Å²) in [6.45, 7) is 2.53. The van der Waals surface area contributed by atoms with Gasteiger partial charge in [-0.2, -0.15) is 4.72 Å². The van der Waals surface area contributed by atoms with Crippen LogP contribution < -0.4 is 4.72 Å². The Morgan fingerprint density at radius 1 is 0.821 bits per heavy atom. The molecule has 0 aromatic heterocycles. The van der Waals surface area contributed by atoms with Crippen LogP contribution in [-0.4, -0.2) is 14.3 Å². The highest BCUT2D eigenvalue weighted by molar-refractivity contribution is 7.89. The van der Waals surface area contributed by atoms with Gasteiger partial charge in [0.15, 0.2) is 0 Å². The zero-order chi connectivity index (χ0) is 20.4. The zero-order valence-electron chi connectivity index (χ0n) is 15.6. The molecule has 1 unspecified atom stereocenters. The van der Waals surface area contributed by atoms with Crippen molar-refractivity contribution in [3.8, 4) is 11.1 Å². The molecular formula is C22H21F2NO2S. The number of alkyl halides is 2. The van der Waals surface area contributed by atoms with Crippen LogP contribution in [-0.2, 0) is 10.0 Å². The molecule has 1 atom stereocenters. The third kappa shape index (κ3) is 4.64. The van der Waals surface area contributed by atoms with Gasteiger partial charge in [-0.05, 0) is 35.7 Å². The average molecular weight is 401 g/mol. The fraction of sp³-hybridized carbons (Fsp3) is 0.182. The summed E-state index contributed by atoms with van der Waals surface area (Å²) in [7, 11) is -4.10. The molecule has 0 saturated carbocycles. The molecule has 0 fully saturated rings. The summed E-state index contributed by atoms with van der Waals surface area (Å²) >= 11 is 0. The van der Waals surface area contributed by atoms with Crippen LogP contribution >= 0.6 is 0 Å². The van der Waals surface area contributed by atoms with Crippen molar-refractivity contribution in [2.45, 2.75) is 30.7 Å². The molecule has 3 nitrogen and oxygen atoms in total. The maximum absolute atomic E-state index is 14.3. The molecule has 0 aliphatic rings. The number of hydrogen-bond donors (Lipinski definition) is 1. The minimum atomic E-state index is -4.10. The highest BCUT2D eigenvalue weighted by atomic mass is 32.2. The van der Waals surface area contributed by atoms with E-state index >= 15 is 0 Å². The largest absolute Gasteiger partial charge is 0.265 e. The predicted octanol–water partition coefficient (Wildman–Crippen LogP) is 5.34. The minimum absolute atomic E-state index is 0.0479. The molecule has 0 aliphatic heterocycles. The first-order chi connectivity index (χ1) is 13.2. The Kier molecular flexibility index (Phi) is 5.63. The third-order valence-electron chi connectivity index (χ3n) is 4.46. The molecule has 3 rings (SSSR count). The Hall–Kier alpha value is -2.57. The second kappa shape index (κ2) is 7.81. The topological polar surface area (TPSA) is 46.2 Å². The van der Waals surface area contributed by atoms with E-state index in [9.17, 15) is 17.2 Å². The van der Waals surface area contributed by atoms with Gasteiger partial charge in [-0.3, -0.25) is 0 Å². The Bertz CT molecular complexity index is 1030. The smallest absolute Gasteiger partial charge is 0.207 e. The van der Waals surface area contributed by atoms with Crippen LogP contribution in [0.15, 0.2) is 83.8 Å². The van der Waals surface area contributed by atoms with Gasteiger partial charge in [-0.25, -0.2) is 17.2 Å². The van der Waals surface area contributed by atoms with E-state index in [1.807, 2.05) is 37.3 Å². The highest BCUT2D eigenvalue weighted by Gasteiger charge is 2.38. The summed E-state index contributed by atoms with van der Waals surface area (Å²) in [4.78, 5) is -0.0479. The Morgan fingerprint density at radius 2 is 1.36 bits per heavy atom. The number of hydrogen-bond acceptors (Lipinski definition) is 2. The minimum Gasteiger partial charge on any atom is -0.207 e. The van der Waals surface area contributed by atoms with Crippen LogP contribution in [0.2, 0.25) is 0 Å². The Labute approximate surface area is 164 Å². The fourth-order valence-electron chi connectivity index (χ4n) is 2.90. The summed E-state index contributed by atoms with van der Waals surface area (Å²) in [5.41, 5.74) is 2.90. The number of benzene rings is 3. The van der Waals surface area contributed by atoms with Crippen molar-refractivity contribution >= 4 is 10.0 Å². The van der Waals surface area contributed by atoms with E-state index in [1.165, 1.54) is 24.3 Å². The Balaban J connectivity index is 1.92. The van der Waals surface area contributed by atoms with Gasteiger partial charge < -0.3 is 0 Å². The van der Waals surface area contributed by atoms with E-state index in [4.69, 9.17) is 0 Å². The van der Waals surface area contributed by atoms with Gasteiger partial charge in [0.25, 0.3) is 5.92 Å². The van der Waals surface area contributed by atoms with E-state index < -0.39 is 22.0 Å². The highest BCUT2D eigenvalue weighted by Crippen LogP contribution is 2.33. The fourth-order valence-corrected chi connectivity index (χ4v) is 4.19. The normalized spacial score (nSPS) is 13.3. The SMILES string of the molecule is Cc1ccc(S(=O)(=O)NC(c2ccc(-c3ccccc3)cc2)C(C)(F)F)cc1. The molecule has 0 saturated heterocycles. The first kappa shape index (κ1) is 20.2. The summed E-state index contributed by atoms with van der Waals surface area (Å²) in [5.74, 6) is -3.29. The lowest BCUT2D eigenvalue weighted by molar-refractivity contribution is -0.0119. The number of aryl methyl sites for hydroxylation is 1. The van der Waals surface area contributed by atoms with Crippen LogP contribution in [0.1, 0.15) is 24.1 Å². The van der Waals surface area contributed by atoms with Crippen molar-refractivity contribution < 1.29 is 17.2 Å². The van der Waals surface area contributed by atoms with E-state index in [1.54, 1.807) is 24.3 Å². The molecule has 28 heavy (non-hydrogen) atoms. The van der Waals surface area contributed by atoms with Gasteiger partial charge in [0.2, 0.25) is 10.0 Å². The monoisotopic (exact) mass is 401 g/mol. The van der Waals surface area contributed by atoms with E-state index in [-0.39, 0.29) is 10.5 Å². The lowest BCUT2D eigenvalue weighted by atomic mass is 9.98. The van der Waals surface area contributed by atoms with Crippen LogP contribution in [0.4, 0.5) is 8.78 Å². The standard InChI is InChI=1S/C22H21F2NO2S/c1-16-8-14-20(15-9-16)28(26,27)25-21(22(2,23)24)19-12-10-18(11-13-19)17-6-4-3-5-7-17/h3-15,21,25H,1-2H3. The van der Waals surface area contributed by atoms with Crippen molar-refractivity contribution in [3.05, 3.63) is 90.0 Å². The summed E-state index contributed by atoms with van der Waals surface area (Å²) in [6.07, 6.45) is 0. The molecule has 0 amide bonds. The molecule has 0 radical (unpaired) electrons. The molecule has 0 aliphatic carbocycles. The molecule has 3 aromatic carbocycles. The van der Waals surface area contributed by atoms with Gasteiger partial charge in [0, 0.05) is 6.92 Å². The summed E-state index contributed by atoms with van der Waals surface area (Å²) < 4.78 is 56.0. The molecule has 1 N–H and O–H groups in total. The van der Waals surface area contributed by atoms with Crippen molar-refractivity contribution in [2.75, 3.05) is 0 Å². The molecule has 3 aromatic rings. The molecule has 0 heterocycles. The summed E-state index contributed by atoms with van der Waals surface area (Å²) in [5, 5.41) is 0. The number of halogens is 2. The maximum Gasteiger partial charge on any atom is 0.265 e. The molecular weight excluding hydrogens is 380 g/mol. The lowest BCUT2D eigenvalue weighted by Crippen LogP contribution is -2.38. The zero-order valence-corrected chi connectivity index (χ0v) is 16.4. The lowest BCUT2D eigenvalue weighted by Gasteiger charge is -2.25. The second-order valence-electron chi connectivity index (χ2n) is 6.81. The van der Waals surface area contributed by atoms with Crippen LogP contribution in [0.3, 0.4) is 0 Å². The molecule has 0 bridgehead atoms. The van der Waals surface area contributed by atoms with Gasteiger partial charge in [0.1, 0.15) is 6.04 Å². The van der Waals surface area contributed by atoms with Crippen molar-refractivity contribution in [1.29, 1.82) is 0 Å².